The molecule has 1 aliphatic heterocycles. The van der Waals surface area contributed by atoms with E-state index in [-0.39, 0.29) is 49.2 Å². The molecule has 0 unspecified atom stereocenters. The zero-order valence-corrected chi connectivity index (χ0v) is 29.5. The molecule has 0 fully saturated rings. The lowest BCUT2D eigenvalue weighted by Gasteiger charge is -2.38. The van der Waals surface area contributed by atoms with Gasteiger partial charge in [0.15, 0.2) is 0 Å². The third kappa shape index (κ3) is 10.6. The van der Waals surface area contributed by atoms with Crippen molar-refractivity contribution in [3.05, 3.63) is 95.6 Å². The van der Waals surface area contributed by atoms with E-state index in [9.17, 15) is 23.1 Å². The third-order valence-electron chi connectivity index (χ3n) is 7.97. The molecule has 3 N–H and O–H groups in total. The van der Waals surface area contributed by atoms with Gasteiger partial charge >= 0.3 is 0 Å². The van der Waals surface area contributed by atoms with Crippen LogP contribution >= 0.6 is 0 Å². The molecule has 0 saturated carbocycles. The Kier molecular flexibility index (Phi) is 12.8. The highest BCUT2D eigenvalue weighted by molar-refractivity contribution is 7.89. The number of hydrogen-bond donors (Lipinski definition) is 3. The number of nitrogens with one attached hydrogen (secondary N) is 2. The molecule has 2 amide bonds. The summed E-state index contributed by atoms with van der Waals surface area (Å²) in [6.07, 6.45) is -0.456. The second-order valence-corrected chi connectivity index (χ2v) is 16.0. The predicted molar refractivity (Wildman–Crippen MR) is 186 cm³/mol. The van der Waals surface area contributed by atoms with Gasteiger partial charge in [0.25, 0.3) is 5.91 Å². The highest BCUT2D eigenvalue weighted by Crippen LogP contribution is 2.30. The van der Waals surface area contributed by atoms with Gasteiger partial charge in [-0.05, 0) is 52.6 Å². The minimum Gasteiger partial charge on any atom is -0.493 e. The average molecular weight is 679 g/mol. The van der Waals surface area contributed by atoms with Crippen molar-refractivity contribution in [3.63, 3.8) is 0 Å². The fourth-order valence-electron chi connectivity index (χ4n) is 5.69. The Morgan fingerprint density at radius 2 is 1.58 bits per heavy atom. The first-order valence-electron chi connectivity index (χ1n) is 16.6. The molecule has 260 valence electrons. The Morgan fingerprint density at radius 1 is 0.938 bits per heavy atom. The topological polar surface area (TPSA) is 128 Å². The lowest BCUT2D eigenvalue weighted by Crippen LogP contribution is -2.60. The summed E-state index contributed by atoms with van der Waals surface area (Å²) in [6, 6.07) is 22.9. The zero-order chi connectivity index (χ0) is 34.9. The summed E-state index contributed by atoms with van der Waals surface area (Å²) in [5.74, 6) is -0.207. The lowest BCUT2D eigenvalue weighted by atomic mass is 9.91. The van der Waals surface area contributed by atoms with E-state index in [1.54, 1.807) is 12.1 Å². The van der Waals surface area contributed by atoms with Crippen LogP contribution in [0.2, 0.25) is 0 Å². The summed E-state index contributed by atoms with van der Waals surface area (Å²) in [5, 5.41) is 16.3. The largest absolute Gasteiger partial charge is 0.493 e. The average Bonchev–Trinajstić information content (AvgIpc) is 3.50. The molecule has 2 atom stereocenters. The molecule has 3 aromatic carbocycles. The van der Waals surface area contributed by atoms with Crippen molar-refractivity contribution in [3.8, 4) is 5.75 Å². The van der Waals surface area contributed by atoms with Crippen LogP contribution in [-0.4, -0.2) is 73.0 Å². The van der Waals surface area contributed by atoms with E-state index in [4.69, 9.17) is 4.74 Å². The van der Waals surface area contributed by atoms with Gasteiger partial charge in [-0.25, -0.2) is 13.4 Å². The van der Waals surface area contributed by atoms with Gasteiger partial charge in [0.2, 0.25) is 15.9 Å². The van der Waals surface area contributed by atoms with E-state index in [1.807, 2.05) is 95.3 Å². The third-order valence-corrected chi connectivity index (χ3v) is 9.80. The monoisotopic (exact) mass is 678 g/mol. The lowest BCUT2D eigenvalue weighted by molar-refractivity contribution is -0.149. The molecule has 0 bridgehead atoms. The molecule has 0 aliphatic carbocycles. The Balaban J connectivity index is 1.64. The summed E-state index contributed by atoms with van der Waals surface area (Å²) >= 11 is 0. The number of amides is 2. The van der Waals surface area contributed by atoms with Crippen molar-refractivity contribution >= 4 is 21.8 Å². The van der Waals surface area contributed by atoms with E-state index in [0.29, 0.717) is 25.3 Å². The van der Waals surface area contributed by atoms with Crippen LogP contribution in [0.3, 0.4) is 0 Å². The number of carbonyl (C=O) groups is 2. The van der Waals surface area contributed by atoms with Crippen LogP contribution in [0.1, 0.15) is 57.7 Å². The number of sulfonamides is 1. The Hall–Kier alpha value is -3.77. The number of carbonyl (C=O) groups excluding carboxylic acids is 2. The molecule has 1 aliphatic rings. The van der Waals surface area contributed by atoms with E-state index < -0.39 is 33.5 Å². The van der Waals surface area contributed by atoms with Crippen LogP contribution in [-0.2, 0) is 39.0 Å². The molecule has 11 heteroatoms. The molecular formula is C37H50N4O6S. The van der Waals surface area contributed by atoms with Gasteiger partial charge in [-0.1, -0.05) is 95.3 Å². The first-order valence-corrected chi connectivity index (χ1v) is 18.0. The van der Waals surface area contributed by atoms with E-state index >= 15 is 0 Å². The molecule has 0 saturated heterocycles. The first kappa shape index (κ1) is 37.1. The van der Waals surface area contributed by atoms with Gasteiger partial charge in [-0.3, -0.25) is 15.0 Å². The number of fused-ring (bicyclic) bond motifs is 1. The van der Waals surface area contributed by atoms with Crippen molar-refractivity contribution in [1.82, 2.24) is 20.1 Å². The number of ether oxygens (including phenoxy) is 1. The summed E-state index contributed by atoms with van der Waals surface area (Å²) < 4.78 is 35.1. The van der Waals surface area contributed by atoms with E-state index in [0.717, 1.165) is 16.7 Å². The summed E-state index contributed by atoms with van der Waals surface area (Å²) in [4.78, 5) is 27.4. The van der Waals surface area contributed by atoms with Gasteiger partial charge in [-0.15, -0.1) is 0 Å². The number of aliphatic hydroxyl groups is 1. The Morgan fingerprint density at radius 3 is 2.21 bits per heavy atom. The molecule has 0 spiro atoms. The van der Waals surface area contributed by atoms with Crippen LogP contribution in [0.5, 0.6) is 5.75 Å². The molecule has 10 nitrogen and oxygen atoms in total. The van der Waals surface area contributed by atoms with Crippen LogP contribution in [0.15, 0.2) is 83.8 Å². The van der Waals surface area contributed by atoms with Crippen molar-refractivity contribution in [2.45, 2.75) is 77.5 Å². The van der Waals surface area contributed by atoms with Gasteiger partial charge < -0.3 is 15.2 Å². The number of rotatable bonds is 15. The summed E-state index contributed by atoms with van der Waals surface area (Å²) in [5.41, 5.74) is 5.01. The number of benzene rings is 3. The van der Waals surface area contributed by atoms with E-state index in [2.05, 4.69) is 10.7 Å². The van der Waals surface area contributed by atoms with Gasteiger partial charge in [-0.2, -0.15) is 4.31 Å². The van der Waals surface area contributed by atoms with Crippen LogP contribution < -0.4 is 15.5 Å². The SMILES string of the molecule is CC(C)CN(C[C@@H](O)[C@H](Cc1ccccc1)N(NC(=O)CNCc1ccccc1)C(=O)CC(C)(C)C)S(=O)(=O)c1ccc2c(c1)CCO2. The first-order chi connectivity index (χ1) is 22.7. The van der Waals surface area contributed by atoms with Crippen molar-refractivity contribution in [2.75, 3.05) is 26.2 Å². The highest BCUT2D eigenvalue weighted by atomic mass is 32.2. The van der Waals surface area contributed by atoms with Gasteiger partial charge in [0.1, 0.15) is 5.75 Å². The standard InChI is InChI=1S/C37H50N4O6S/c1-27(2)25-40(48(45,46)31-16-17-34-30(21-31)18-19-47-34)26-33(42)32(20-28-12-8-6-9-13-28)41(36(44)22-37(3,4)5)39-35(43)24-38-23-29-14-10-7-11-15-29/h6-17,21,27,32-33,38,42H,18-20,22-26H2,1-5H3,(H,39,43)/t32-,33+/m0/s1. The maximum atomic E-state index is 14.1. The maximum absolute atomic E-state index is 14.1. The second-order valence-electron chi connectivity index (χ2n) is 14.0. The quantitative estimate of drug-likeness (QED) is 0.204. The second kappa shape index (κ2) is 16.6. The fourth-order valence-corrected chi connectivity index (χ4v) is 7.37. The van der Waals surface area contributed by atoms with Crippen molar-refractivity contribution in [1.29, 1.82) is 0 Å². The van der Waals surface area contributed by atoms with Crippen LogP contribution in [0.4, 0.5) is 0 Å². The molecule has 0 radical (unpaired) electrons. The maximum Gasteiger partial charge on any atom is 0.252 e. The molecule has 48 heavy (non-hydrogen) atoms. The number of aliphatic hydroxyl groups excluding tert-OH is 1. The van der Waals surface area contributed by atoms with Crippen molar-refractivity contribution in [2.24, 2.45) is 11.3 Å². The Bertz CT molecular complexity index is 1610. The molecule has 1 heterocycles. The number of hydrogen-bond acceptors (Lipinski definition) is 7. The fraction of sp³-hybridized carbons (Fsp3) is 0.459. The highest BCUT2D eigenvalue weighted by Gasteiger charge is 2.37. The zero-order valence-electron chi connectivity index (χ0n) is 28.7. The van der Waals surface area contributed by atoms with E-state index in [1.165, 1.54) is 15.4 Å². The number of hydrazine groups is 1. The predicted octanol–water partition coefficient (Wildman–Crippen LogP) is 4.33. The molecule has 4 rings (SSSR count). The van der Waals surface area contributed by atoms with Crippen LogP contribution in [0, 0.1) is 11.3 Å². The normalized spacial score (nSPS) is 14.3. The van der Waals surface area contributed by atoms with Gasteiger partial charge in [0.05, 0.1) is 30.2 Å². The molecular weight excluding hydrogens is 628 g/mol. The van der Waals surface area contributed by atoms with Crippen molar-refractivity contribution < 1.29 is 27.9 Å². The van der Waals surface area contributed by atoms with Crippen LogP contribution in [0.25, 0.3) is 0 Å². The molecule has 3 aromatic rings. The number of nitrogens with zero attached hydrogens (tertiary/aromatic N) is 2. The minimum absolute atomic E-state index is 0.0497. The molecule has 0 aromatic heterocycles. The van der Waals surface area contributed by atoms with Gasteiger partial charge in [0, 0.05) is 32.5 Å². The summed E-state index contributed by atoms with van der Waals surface area (Å²) in [7, 11) is -4.04. The Labute approximate surface area is 285 Å². The smallest absolute Gasteiger partial charge is 0.252 e. The summed E-state index contributed by atoms with van der Waals surface area (Å²) in [6.45, 7) is 10.3. The minimum atomic E-state index is -4.04.